The fourth-order valence-corrected chi connectivity index (χ4v) is 3.60. The predicted octanol–water partition coefficient (Wildman–Crippen LogP) is 3.60. The molecule has 1 fully saturated rings. The molecule has 2 amide bonds. The van der Waals surface area contributed by atoms with Gasteiger partial charge >= 0.3 is 0 Å². The van der Waals surface area contributed by atoms with Gasteiger partial charge in [0.1, 0.15) is 0 Å². The number of hydrogen-bond acceptors (Lipinski definition) is 5. The molecule has 164 valence electrons. The Morgan fingerprint density at radius 2 is 1.58 bits per heavy atom. The predicted molar refractivity (Wildman–Crippen MR) is 120 cm³/mol. The van der Waals surface area contributed by atoms with E-state index in [1.54, 1.807) is 23.1 Å². The van der Waals surface area contributed by atoms with Crippen LogP contribution < -0.4 is 19.5 Å². The van der Waals surface area contributed by atoms with Gasteiger partial charge in [0.15, 0.2) is 11.5 Å². The molecular formula is C24H28N2O5. The van der Waals surface area contributed by atoms with Gasteiger partial charge in [-0.3, -0.25) is 9.59 Å². The van der Waals surface area contributed by atoms with Crippen molar-refractivity contribution in [3.8, 4) is 17.2 Å². The molecule has 0 radical (unpaired) electrons. The number of carbonyl (C=O) groups excluding carboxylic acids is 2. The Kier molecular flexibility index (Phi) is 7.54. The molecule has 0 unspecified atom stereocenters. The number of ether oxygens (including phenoxy) is 3. The zero-order valence-corrected chi connectivity index (χ0v) is 18.1. The number of piperidine rings is 1. The van der Waals surface area contributed by atoms with E-state index < -0.39 is 0 Å². The SMILES string of the molecule is COc1cc(NC(=O)C2CCN(C(=O)C=Cc3ccccc3)CC2)cc(OC)c1OC. The molecule has 7 heteroatoms. The highest BCUT2D eigenvalue weighted by atomic mass is 16.5. The van der Waals surface area contributed by atoms with Gasteiger partial charge in [-0.05, 0) is 24.5 Å². The molecule has 1 heterocycles. The standard InChI is InChI=1S/C24H28N2O5/c1-29-20-15-19(16-21(30-2)23(20)31-3)25-24(28)18-11-13-26(14-12-18)22(27)10-9-17-7-5-4-6-8-17/h4-10,15-16,18H,11-14H2,1-3H3,(H,25,28). The third kappa shape index (κ3) is 5.57. The zero-order valence-electron chi connectivity index (χ0n) is 18.1. The number of nitrogens with one attached hydrogen (secondary N) is 1. The summed E-state index contributed by atoms with van der Waals surface area (Å²) < 4.78 is 16.0. The van der Waals surface area contributed by atoms with Crippen molar-refractivity contribution in [2.75, 3.05) is 39.7 Å². The third-order valence-corrected chi connectivity index (χ3v) is 5.33. The fraction of sp³-hybridized carbons (Fsp3) is 0.333. The van der Waals surface area contributed by atoms with E-state index in [1.807, 2.05) is 36.4 Å². The molecule has 2 aromatic carbocycles. The Morgan fingerprint density at radius 1 is 0.968 bits per heavy atom. The number of likely N-dealkylation sites (tertiary alicyclic amines) is 1. The highest BCUT2D eigenvalue weighted by molar-refractivity contribution is 5.94. The number of nitrogens with zero attached hydrogens (tertiary/aromatic N) is 1. The van der Waals surface area contributed by atoms with E-state index in [1.165, 1.54) is 21.3 Å². The van der Waals surface area contributed by atoms with Gasteiger partial charge in [-0.25, -0.2) is 0 Å². The van der Waals surface area contributed by atoms with E-state index in [-0.39, 0.29) is 17.7 Å². The van der Waals surface area contributed by atoms with Gasteiger partial charge in [-0.2, -0.15) is 0 Å². The molecule has 1 N–H and O–H groups in total. The van der Waals surface area contributed by atoms with Crippen molar-refractivity contribution >= 4 is 23.6 Å². The second-order valence-electron chi connectivity index (χ2n) is 7.25. The first-order chi connectivity index (χ1) is 15.0. The third-order valence-electron chi connectivity index (χ3n) is 5.33. The van der Waals surface area contributed by atoms with Crippen LogP contribution in [0.3, 0.4) is 0 Å². The lowest BCUT2D eigenvalue weighted by atomic mass is 9.95. The Balaban J connectivity index is 1.57. The minimum Gasteiger partial charge on any atom is -0.493 e. The van der Waals surface area contributed by atoms with Crippen LogP contribution in [0.2, 0.25) is 0 Å². The van der Waals surface area contributed by atoms with Crippen molar-refractivity contribution < 1.29 is 23.8 Å². The van der Waals surface area contributed by atoms with Crippen LogP contribution >= 0.6 is 0 Å². The zero-order chi connectivity index (χ0) is 22.2. The quantitative estimate of drug-likeness (QED) is 0.687. The number of carbonyl (C=O) groups is 2. The van der Waals surface area contributed by atoms with Crippen molar-refractivity contribution in [1.82, 2.24) is 4.90 Å². The number of anilines is 1. The summed E-state index contributed by atoms with van der Waals surface area (Å²) in [6.07, 6.45) is 4.62. The maximum absolute atomic E-state index is 12.8. The van der Waals surface area contributed by atoms with Crippen LogP contribution in [0.5, 0.6) is 17.2 Å². The van der Waals surface area contributed by atoms with Crippen LogP contribution in [0, 0.1) is 5.92 Å². The minimum absolute atomic E-state index is 0.0349. The minimum atomic E-state index is -0.166. The van der Waals surface area contributed by atoms with Crippen molar-refractivity contribution in [2.45, 2.75) is 12.8 Å². The number of methoxy groups -OCH3 is 3. The molecule has 1 aliphatic heterocycles. The first-order valence-electron chi connectivity index (χ1n) is 10.2. The summed E-state index contributed by atoms with van der Waals surface area (Å²) in [5.74, 6) is 1.14. The lowest BCUT2D eigenvalue weighted by Crippen LogP contribution is -2.40. The number of rotatable bonds is 7. The lowest BCUT2D eigenvalue weighted by molar-refractivity contribution is -0.130. The van der Waals surface area contributed by atoms with E-state index in [0.29, 0.717) is 48.9 Å². The first kappa shape index (κ1) is 22.2. The molecule has 0 aromatic heterocycles. The number of benzene rings is 2. The Labute approximate surface area is 182 Å². The van der Waals surface area contributed by atoms with Crippen LogP contribution in [-0.4, -0.2) is 51.1 Å². The summed E-state index contributed by atoms with van der Waals surface area (Å²) in [7, 11) is 4.59. The van der Waals surface area contributed by atoms with Gasteiger partial charge in [-0.1, -0.05) is 30.3 Å². The van der Waals surface area contributed by atoms with Crippen LogP contribution in [0.1, 0.15) is 18.4 Å². The van der Waals surface area contributed by atoms with Crippen molar-refractivity contribution in [3.63, 3.8) is 0 Å². The maximum Gasteiger partial charge on any atom is 0.246 e. The molecule has 3 rings (SSSR count). The average molecular weight is 424 g/mol. The second kappa shape index (κ2) is 10.5. The van der Waals surface area contributed by atoms with E-state index in [0.717, 1.165) is 5.56 Å². The first-order valence-corrected chi connectivity index (χ1v) is 10.2. The average Bonchev–Trinajstić information content (AvgIpc) is 2.82. The van der Waals surface area contributed by atoms with Crippen LogP contribution in [0.25, 0.3) is 6.08 Å². The smallest absolute Gasteiger partial charge is 0.246 e. The highest BCUT2D eigenvalue weighted by Gasteiger charge is 2.27. The molecular weight excluding hydrogens is 396 g/mol. The molecule has 0 atom stereocenters. The van der Waals surface area contributed by atoms with Crippen LogP contribution in [0.4, 0.5) is 5.69 Å². The van der Waals surface area contributed by atoms with E-state index in [9.17, 15) is 9.59 Å². The molecule has 1 saturated heterocycles. The number of amides is 2. The van der Waals surface area contributed by atoms with E-state index >= 15 is 0 Å². The van der Waals surface area contributed by atoms with Gasteiger partial charge in [0.05, 0.1) is 21.3 Å². The second-order valence-corrected chi connectivity index (χ2v) is 7.25. The van der Waals surface area contributed by atoms with Crippen LogP contribution in [0.15, 0.2) is 48.5 Å². The fourth-order valence-electron chi connectivity index (χ4n) is 3.60. The summed E-state index contributed by atoms with van der Waals surface area (Å²) in [5, 5.41) is 2.93. The Hall–Kier alpha value is -3.48. The van der Waals surface area contributed by atoms with Gasteiger partial charge in [0.2, 0.25) is 17.6 Å². The van der Waals surface area contributed by atoms with Crippen LogP contribution in [-0.2, 0) is 9.59 Å². The summed E-state index contributed by atoms with van der Waals surface area (Å²) in [6, 6.07) is 13.1. The van der Waals surface area contributed by atoms with Gasteiger partial charge in [0.25, 0.3) is 0 Å². The highest BCUT2D eigenvalue weighted by Crippen LogP contribution is 2.40. The van der Waals surface area contributed by atoms with Crippen molar-refractivity contribution in [2.24, 2.45) is 5.92 Å². The van der Waals surface area contributed by atoms with Crippen molar-refractivity contribution in [1.29, 1.82) is 0 Å². The molecule has 31 heavy (non-hydrogen) atoms. The summed E-state index contributed by atoms with van der Waals surface area (Å²) >= 11 is 0. The number of hydrogen-bond donors (Lipinski definition) is 1. The molecule has 1 aliphatic rings. The topological polar surface area (TPSA) is 77.1 Å². The molecule has 2 aromatic rings. The summed E-state index contributed by atoms with van der Waals surface area (Å²) in [4.78, 5) is 27.0. The Bertz CT molecular complexity index is 909. The molecule has 0 aliphatic carbocycles. The summed E-state index contributed by atoms with van der Waals surface area (Å²) in [6.45, 7) is 1.09. The lowest BCUT2D eigenvalue weighted by Gasteiger charge is -2.30. The Morgan fingerprint density at radius 3 is 2.13 bits per heavy atom. The molecule has 0 spiro atoms. The maximum atomic E-state index is 12.8. The monoisotopic (exact) mass is 424 g/mol. The van der Waals surface area contributed by atoms with Gasteiger partial charge in [-0.15, -0.1) is 0 Å². The molecule has 7 nitrogen and oxygen atoms in total. The molecule has 0 bridgehead atoms. The van der Waals surface area contributed by atoms with E-state index in [2.05, 4.69) is 5.32 Å². The normalized spacial score (nSPS) is 14.4. The van der Waals surface area contributed by atoms with Crippen molar-refractivity contribution in [3.05, 3.63) is 54.1 Å². The molecule has 0 saturated carbocycles. The van der Waals surface area contributed by atoms with Gasteiger partial charge in [0, 0.05) is 42.9 Å². The van der Waals surface area contributed by atoms with E-state index in [4.69, 9.17) is 14.2 Å². The van der Waals surface area contributed by atoms with Gasteiger partial charge < -0.3 is 24.4 Å². The largest absolute Gasteiger partial charge is 0.493 e. The summed E-state index contributed by atoms with van der Waals surface area (Å²) in [5.41, 5.74) is 1.55.